The van der Waals surface area contributed by atoms with E-state index in [0.29, 0.717) is 18.0 Å². The van der Waals surface area contributed by atoms with Crippen LogP contribution in [0.3, 0.4) is 0 Å². The fourth-order valence-electron chi connectivity index (χ4n) is 3.32. The summed E-state index contributed by atoms with van der Waals surface area (Å²) in [6.07, 6.45) is 4.62. The number of hydrogen-bond acceptors (Lipinski definition) is 5. The number of fused-ring (bicyclic) bond motifs is 1. The van der Waals surface area contributed by atoms with Crippen molar-refractivity contribution < 1.29 is 14.3 Å². The van der Waals surface area contributed by atoms with Gasteiger partial charge in [-0.2, -0.15) is 0 Å². The summed E-state index contributed by atoms with van der Waals surface area (Å²) < 4.78 is 12.3. The molecule has 7 heteroatoms. The second-order valence-electron chi connectivity index (χ2n) is 6.00. The Kier molecular flexibility index (Phi) is 4.29. The van der Waals surface area contributed by atoms with Crippen LogP contribution >= 0.6 is 11.6 Å². The highest BCUT2D eigenvalue weighted by Crippen LogP contribution is 2.40. The number of carbonyl (C=O) groups is 1. The molecule has 1 fully saturated rings. The van der Waals surface area contributed by atoms with Gasteiger partial charge in [0.15, 0.2) is 5.60 Å². The molecule has 0 unspecified atom stereocenters. The minimum atomic E-state index is -0.843. The Morgan fingerprint density at radius 3 is 2.65 bits per heavy atom. The summed E-state index contributed by atoms with van der Waals surface area (Å²) in [7, 11) is 4.88. The SMILES string of the molecule is COC(=O)C1(OC)CCC(c2nc(Cl)c3ccn(C)c3n2)CC1. The maximum atomic E-state index is 12.0. The van der Waals surface area contributed by atoms with E-state index in [2.05, 4.69) is 9.97 Å². The van der Waals surface area contributed by atoms with Crippen LogP contribution in [0.4, 0.5) is 0 Å². The molecule has 2 aromatic heterocycles. The predicted octanol–water partition coefficient (Wildman–Crippen LogP) is 2.84. The van der Waals surface area contributed by atoms with E-state index in [-0.39, 0.29) is 11.9 Å². The first-order chi connectivity index (χ1) is 11.0. The largest absolute Gasteiger partial charge is 0.467 e. The third kappa shape index (κ3) is 2.70. The molecule has 2 aromatic rings. The van der Waals surface area contributed by atoms with Crippen LogP contribution < -0.4 is 0 Å². The van der Waals surface area contributed by atoms with Gasteiger partial charge in [0.2, 0.25) is 0 Å². The third-order valence-corrected chi connectivity index (χ3v) is 5.09. The summed E-state index contributed by atoms with van der Waals surface area (Å²) in [6.45, 7) is 0. The third-order valence-electron chi connectivity index (χ3n) is 4.80. The highest BCUT2D eigenvalue weighted by molar-refractivity contribution is 6.33. The van der Waals surface area contributed by atoms with Gasteiger partial charge in [0.05, 0.1) is 12.5 Å². The number of methoxy groups -OCH3 is 2. The Labute approximate surface area is 139 Å². The zero-order valence-corrected chi connectivity index (χ0v) is 14.3. The lowest BCUT2D eigenvalue weighted by Gasteiger charge is -2.36. The normalized spacial score (nSPS) is 24.8. The van der Waals surface area contributed by atoms with Gasteiger partial charge in [-0.15, -0.1) is 0 Å². The Morgan fingerprint density at radius 1 is 1.35 bits per heavy atom. The molecule has 0 aliphatic heterocycles. The molecule has 1 aliphatic carbocycles. The van der Waals surface area contributed by atoms with E-state index in [9.17, 15) is 4.79 Å². The van der Waals surface area contributed by atoms with Gasteiger partial charge in [0.25, 0.3) is 0 Å². The van der Waals surface area contributed by atoms with Crippen LogP contribution in [0, 0.1) is 0 Å². The number of nitrogens with zero attached hydrogens (tertiary/aromatic N) is 3. The first kappa shape index (κ1) is 16.2. The summed E-state index contributed by atoms with van der Waals surface area (Å²) in [4.78, 5) is 21.1. The van der Waals surface area contributed by atoms with Crippen molar-refractivity contribution in [3.8, 4) is 0 Å². The lowest BCUT2D eigenvalue weighted by Crippen LogP contribution is -2.44. The quantitative estimate of drug-likeness (QED) is 0.636. The molecule has 6 nitrogen and oxygen atoms in total. The van der Waals surface area contributed by atoms with E-state index in [1.54, 1.807) is 7.11 Å². The topological polar surface area (TPSA) is 66.2 Å². The summed E-state index contributed by atoms with van der Waals surface area (Å²) >= 11 is 6.29. The lowest BCUT2D eigenvalue weighted by atomic mass is 9.78. The molecule has 0 spiro atoms. The number of carbonyl (C=O) groups excluding carboxylic acids is 1. The molecule has 1 aliphatic rings. The Bertz CT molecular complexity index is 735. The van der Waals surface area contributed by atoms with Gasteiger partial charge >= 0.3 is 5.97 Å². The fraction of sp³-hybridized carbons (Fsp3) is 0.562. The first-order valence-corrected chi connectivity index (χ1v) is 8.00. The zero-order chi connectivity index (χ0) is 16.6. The number of rotatable bonds is 3. The van der Waals surface area contributed by atoms with Crippen molar-refractivity contribution in [2.24, 2.45) is 7.05 Å². The fourth-order valence-corrected chi connectivity index (χ4v) is 3.55. The second kappa shape index (κ2) is 6.09. The van der Waals surface area contributed by atoms with Gasteiger partial charge in [0.1, 0.15) is 16.6 Å². The summed E-state index contributed by atoms with van der Waals surface area (Å²) in [6, 6.07) is 1.91. The molecule has 0 amide bonds. The maximum Gasteiger partial charge on any atom is 0.338 e. The molecule has 2 heterocycles. The van der Waals surface area contributed by atoms with Crippen molar-refractivity contribution in [2.45, 2.75) is 37.2 Å². The van der Waals surface area contributed by atoms with Crippen LogP contribution in [0.2, 0.25) is 5.15 Å². The van der Waals surface area contributed by atoms with Crippen molar-refractivity contribution in [1.29, 1.82) is 0 Å². The van der Waals surface area contributed by atoms with Crippen molar-refractivity contribution >= 4 is 28.6 Å². The average molecular weight is 338 g/mol. The summed E-state index contributed by atoms with van der Waals surface area (Å²) in [5.41, 5.74) is -0.0130. The number of ether oxygens (including phenoxy) is 2. The average Bonchev–Trinajstić information content (AvgIpc) is 2.96. The number of halogens is 1. The summed E-state index contributed by atoms with van der Waals surface area (Å²) in [5, 5.41) is 1.33. The van der Waals surface area contributed by atoms with Gasteiger partial charge in [-0.05, 0) is 31.7 Å². The van der Waals surface area contributed by atoms with Crippen molar-refractivity contribution in [3.63, 3.8) is 0 Å². The van der Waals surface area contributed by atoms with Crippen LogP contribution in [0.5, 0.6) is 0 Å². The number of aryl methyl sites for hydroxylation is 1. The lowest BCUT2D eigenvalue weighted by molar-refractivity contribution is -0.170. The molecule has 1 saturated carbocycles. The highest BCUT2D eigenvalue weighted by atomic mass is 35.5. The van der Waals surface area contributed by atoms with Gasteiger partial charge in [-0.3, -0.25) is 0 Å². The standard InChI is InChI=1S/C16H20ClN3O3/c1-20-9-6-11-12(17)18-13(19-14(11)20)10-4-7-16(23-3,8-5-10)15(21)22-2/h6,9-10H,4-5,7-8H2,1-3H3. The van der Waals surface area contributed by atoms with Crippen LogP contribution in [-0.2, 0) is 21.3 Å². The number of hydrogen-bond donors (Lipinski definition) is 0. The van der Waals surface area contributed by atoms with Crippen molar-refractivity contribution in [3.05, 3.63) is 23.2 Å². The zero-order valence-electron chi connectivity index (χ0n) is 13.5. The van der Waals surface area contributed by atoms with Gasteiger partial charge in [-0.1, -0.05) is 11.6 Å². The molecular formula is C16H20ClN3O3. The van der Waals surface area contributed by atoms with E-state index in [4.69, 9.17) is 21.1 Å². The molecular weight excluding hydrogens is 318 g/mol. The van der Waals surface area contributed by atoms with Gasteiger partial charge < -0.3 is 14.0 Å². The summed E-state index contributed by atoms with van der Waals surface area (Å²) in [5.74, 6) is 0.592. The minimum absolute atomic E-state index is 0.166. The Balaban J connectivity index is 1.85. The Hall–Kier alpha value is -1.66. The van der Waals surface area contributed by atoms with Crippen LogP contribution in [-0.4, -0.2) is 40.3 Å². The predicted molar refractivity (Wildman–Crippen MR) is 86.5 cm³/mol. The first-order valence-electron chi connectivity index (χ1n) is 7.63. The van der Waals surface area contributed by atoms with Gasteiger partial charge in [-0.25, -0.2) is 14.8 Å². The van der Waals surface area contributed by atoms with E-state index in [1.807, 2.05) is 23.9 Å². The maximum absolute atomic E-state index is 12.0. The minimum Gasteiger partial charge on any atom is -0.467 e. The van der Waals surface area contributed by atoms with E-state index < -0.39 is 5.60 Å². The molecule has 0 aromatic carbocycles. The smallest absolute Gasteiger partial charge is 0.338 e. The van der Waals surface area contributed by atoms with Crippen LogP contribution in [0.25, 0.3) is 11.0 Å². The van der Waals surface area contributed by atoms with Gasteiger partial charge in [0, 0.05) is 26.3 Å². The molecule has 124 valence electrons. The second-order valence-corrected chi connectivity index (χ2v) is 6.36. The molecule has 23 heavy (non-hydrogen) atoms. The van der Waals surface area contributed by atoms with Crippen molar-refractivity contribution in [2.75, 3.05) is 14.2 Å². The molecule has 3 rings (SSSR count). The van der Waals surface area contributed by atoms with Crippen LogP contribution in [0.15, 0.2) is 12.3 Å². The molecule has 0 N–H and O–H groups in total. The number of esters is 1. The molecule has 0 radical (unpaired) electrons. The van der Waals surface area contributed by atoms with E-state index in [0.717, 1.165) is 29.7 Å². The molecule has 0 atom stereocenters. The monoisotopic (exact) mass is 337 g/mol. The molecule has 0 saturated heterocycles. The van der Waals surface area contributed by atoms with E-state index >= 15 is 0 Å². The molecule has 0 bridgehead atoms. The van der Waals surface area contributed by atoms with Crippen LogP contribution in [0.1, 0.15) is 37.4 Å². The van der Waals surface area contributed by atoms with Crippen molar-refractivity contribution in [1.82, 2.24) is 14.5 Å². The Morgan fingerprint density at radius 2 is 2.04 bits per heavy atom. The number of aromatic nitrogens is 3. The van der Waals surface area contributed by atoms with E-state index in [1.165, 1.54) is 7.11 Å². The highest BCUT2D eigenvalue weighted by Gasteiger charge is 2.44.